The molecular weight excluding hydrogens is 234 g/mol. The first-order valence-corrected chi connectivity index (χ1v) is 5.32. The highest BCUT2D eigenvalue weighted by atomic mass is 16.5. The third-order valence-corrected chi connectivity index (χ3v) is 1.93. The molecule has 0 aromatic heterocycles. The van der Waals surface area contributed by atoms with Gasteiger partial charge in [0.05, 0.1) is 18.9 Å². The van der Waals surface area contributed by atoms with Crippen molar-refractivity contribution in [3.63, 3.8) is 0 Å². The minimum absolute atomic E-state index is 0.0440. The molecule has 0 bridgehead atoms. The van der Waals surface area contributed by atoms with Crippen molar-refractivity contribution in [3.05, 3.63) is 23.8 Å². The van der Waals surface area contributed by atoms with Gasteiger partial charge in [0.15, 0.2) is 11.5 Å². The van der Waals surface area contributed by atoms with E-state index in [0.717, 1.165) is 0 Å². The number of phenols is 1. The first-order chi connectivity index (χ1) is 8.67. The number of nitriles is 1. The van der Waals surface area contributed by atoms with Gasteiger partial charge in [0.1, 0.15) is 6.42 Å². The molecule has 18 heavy (non-hydrogen) atoms. The van der Waals surface area contributed by atoms with Crippen molar-refractivity contribution in [2.24, 2.45) is 5.10 Å². The number of ether oxygens (including phenoxy) is 1. The van der Waals surface area contributed by atoms with Crippen LogP contribution in [0.1, 0.15) is 18.9 Å². The van der Waals surface area contributed by atoms with E-state index in [4.69, 9.17) is 10.00 Å². The summed E-state index contributed by atoms with van der Waals surface area (Å²) in [5.74, 6) is -0.0788. The second-order valence-corrected chi connectivity index (χ2v) is 3.29. The van der Waals surface area contributed by atoms with Gasteiger partial charge in [-0.1, -0.05) is 0 Å². The van der Waals surface area contributed by atoms with E-state index >= 15 is 0 Å². The quantitative estimate of drug-likeness (QED) is 0.602. The Kier molecular flexibility index (Phi) is 5.19. The molecule has 0 unspecified atom stereocenters. The van der Waals surface area contributed by atoms with Gasteiger partial charge in [0.2, 0.25) is 0 Å². The lowest BCUT2D eigenvalue weighted by molar-refractivity contribution is -0.120. The maximum atomic E-state index is 10.9. The van der Waals surface area contributed by atoms with Crippen molar-refractivity contribution in [1.82, 2.24) is 5.43 Å². The van der Waals surface area contributed by atoms with Gasteiger partial charge < -0.3 is 9.84 Å². The van der Waals surface area contributed by atoms with Crippen LogP contribution >= 0.6 is 0 Å². The number of rotatable bonds is 5. The van der Waals surface area contributed by atoms with Crippen molar-refractivity contribution in [3.8, 4) is 17.6 Å². The number of aromatic hydroxyl groups is 1. The molecule has 1 rings (SSSR count). The Labute approximate surface area is 104 Å². The van der Waals surface area contributed by atoms with Crippen LogP contribution in [0.5, 0.6) is 11.5 Å². The number of hydrogen-bond donors (Lipinski definition) is 2. The predicted octanol–water partition coefficient (Wildman–Crippen LogP) is 1.15. The SMILES string of the molecule is CCOc1cc(C=NNC(=O)CC#N)ccc1O. The highest BCUT2D eigenvalue weighted by Crippen LogP contribution is 2.25. The van der Waals surface area contributed by atoms with E-state index in [1.807, 2.05) is 6.92 Å². The van der Waals surface area contributed by atoms with Crippen molar-refractivity contribution < 1.29 is 14.6 Å². The average molecular weight is 247 g/mol. The van der Waals surface area contributed by atoms with E-state index in [1.165, 1.54) is 12.3 Å². The molecule has 0 fully saturated rings. The Hall–Kier alpha value is -2.55. The van der Waals surface area contributed by atoms with Crippen molar-refractivity contribution in [2.45, 2.75) is 13.3 Å². The average Bonchev–Trinajstić information content (AvgIpc) is 2.34. The number of phenolic OH excluding ortho intramolecular Hbond substituents is 1. The van der Waals surface area contributed by atoms with Crippen LogP contribution < -0.4 is 10.2 Å². The zero-order chi connectivity index (χ0) is 13.4. The number of carbonyl (C=O) groups is 1. The number of hydrogen-bond acceptors (Lipinski definition) is 5. The summed E-state index contributed by atoms with van der Waals surface area (Å²) in [7, 11) is 0. The zero-order valence-electron chi connectivity index (χ0n) is 9.88. The fourth-order valence-electron chi connectivity index (χ4n) is 1.17. The van der Waals surface area contributed by atoms with Crippen LogP contribution in [-0.4, -0.2) is 23.8 Å². The smallest absolute Gasteiger partial charge is 0.254 e. The molecule has 0 aliphatic heterocycles. The number of carbonyl (C=O) groups excluding carboxylic acids is 1. The van der Waals surface area contributed by atoms with Crippen LogP contribution in [0.25, 0.3) is 0 Å². The standard InChI is InChI=1S/C12H13N3O3/c1-2-18-11-7-9(3-4-10(11)16)8-14-15-12(17)5-6-13/h3-4,7-8,16H,2,5H2,1H3,(H,15,17). The summed E-state index contributed by atoms with van der Waals surface area (Å²) in [6, 6.07) is 6.40. The molecule has 0 aliphatic carbocycles. The van der Waals surface area contributed by atoms with E-state index in [-0.39, 0.29) is 12.2 Å². The van der Waals surface area contributed by atoms with Crippen LogP contribution in [0.4, 0.5) is 0 Å². The molecule has 6 nitrogen and oxygen atoms in total. The Balaban J connectivity index is 2.67. The Morgan fingerprint density at radius 3 is 3.11 bits per heavy atom. The molecule has 0 atom stereocenters. The molecule has 0 saturated carbocycles. The fourth-order valence-corrected chi connectivity index (χ4v) is 1.17. The number of amides is 1. The van der Waals surface area contributed by atoms with Gasteiger partial charge in [0.25, 0.3) is 5.91 Å². The third-order valence-electron chi connectivity index (χ3n) is 1.93. The van der Waals surface area contributed by atoms with Gasteiger partial charge in [-0.15, -0.1) is 0 Å². The number of benzene rings is 1. The van der Waals surface area contributed by atoms with E-state index in [2.05, 4.69) is 10.5 Å². The summed E-state index contributed by atoms with van der Waals surface area (Å²) in [6.45, 7) is 2.25. The predicted molar refractivity (Wildman–Crippen MR) is 65.2 cm³/mol. The molecular formula is C12H13N3O3. The van der Waals surface area contributed by atoms with Gasteiger partial charge in [-0.3, -0.25) is 4.79 Å². The van der Waals surface area contributed by atoms with Crippen LogP contribution in [0.15, 0.2) is 23.3 Å². The van der Waals surface area contributed by atoms with Crippen LogP contribution in [0, 0.1) is 11.3 Å². The number of hydrazone groups is 1. The lowest BCUT2D eigenvalue weighted by Gasteiger charge is -2.05. The molecule has 0 heterocycles. The number of nitrogens with one attached hydrogen (secondary N) is 1. The second-order valence-electron chi connectivity index (χ2n) is 3.29. The summed E-state index contributed by atoms with van der Waals surface area (Å²) in [4.78, 5) is 10.9. The summed E-state index contributed by atoms with van der Waals surface area (Å²) in [6.07, 6.45) is 1.16. The largest absolute Gasteiger partial charge is 0.504 e. The topological polar surface area (TPSA) is 94.7 Å². The van der Waals surface area contributed by atoms with Crippen molar-refractivity contribution in [1.29, 1.82) is 5.26 Å². The summed E-state index contributed by atoms with van der Waals surface area (Å²) >= 11 is 0. The molecule has 2 N–H and O–H groups in total. The highest BCUT2D eigenvalue weighted by Gasteiger charge is 2.02. The molecule has 94 valence electrons. The third kappa shape index (κ3) is 4.14. The normalized spacial score (nSPS) is 10.0. The minimum Gasteiger partial charge on any atom is -0.504 e. The van der Waals surface area contributed by atoms with Gasteiger partial charge in [-0.25, -0.2) is 5.43 Å². The summed E-state index contributed by atoms with van der Waals surface area (Å²) in [5.41, 5.74) is 2.86. The molecule has 1 aromatic carbocycles. The van der Waals surface area contributed by atoms with E-state index in [1.54, 1.807) is 18.2 Å². The lowest BCUT2D eigenvalue weighted by Crippen LogP contribution is -2.16. The van der Waals surface area contributed by atoms with Gasteiger partial charge in [-0.05, 0) is 30.7 Å². The van der Waals surface area contributed by atoms with Gasteiger partial charge >= 0.3 is 0 Å². The van der Waals surface area contributed by atoms with Crippen LogP contribution in [0.3, 0.4) is 0 Å². The maximum absolute atomic E-state index is 10.9. The molecule has 0 spiro atoms. The first-order valence-electron chi connectivity index (χ1n) is 5.32. The Morgan fingerprint density at radius 1 is 1.67 bits per heavy atom. The Morgan fingerprint density at radius 2 is 2.44 bits per heavy atom. The second kappa shape index (κ2) is 6.91. The van der Waals surface area contributed by atoms with Crippen LogP contribution in [0.2, 0.25) is 0 Å². The molecule has 1 aromatic rings. The Bertz CT molecular complexity index is 492. The van der Waals surface area contributed by atoms with Crippen molar-refractivity contribution >= 4 is 12.1 Å². The summed E-state index contributed by atoms with van der Waals surface area (Å²) in [5, 5.41) is 21.4. The fraction of sp³-hybridized carbons (Fsp3) is 0.250. The maximum Gasteiger partial charge on any atom is 0.254 e. The van der Waals surface area contributed by atoms with E-state index < -0.39 is 5.91 Å². The van der Waals surface area contributed by atoms with Gasteiger partial charge in [0, 0.05) is 0 Å². The van der Waals surface area contributed by atoms with Crippen LogP contribution in [-0.2, 0) is 4.79 Å². The minimum atomic E-state index is -0.474. The molecule has 0 aliphatic rings. The molecule has 0 saturated heterocycles. The molecule has 1 amide bonds. The molecule has 6 heteroatoms. The van der Waals surface area contributed by atoms with E-state index in [9.17, 15) is 9.90 Å². The van der Waals surface area contributed by atoms with Crippen molar-refractivity contribution in [2.75, 3.05) is 6.61 Å². The monoisotopic (exact) mass is 247 g/mol. The first kappa shape index (κ1) is 13.5. The summed E-state index contributed by atoms with van der Waals surface area (Å²) < 4.78 is 5.20. The van der Waals surface area contributed by atoms with Gasteiger partial charge in [-0.2, -0.15) is 10.4 Å². The lowest BCUT2D eigenvalue weighted by atomic mass is 10.2. The van der Waals surface area contributed by atoms with E-state index in [0.29, 0.717) is 17.9 Å². The molecule has 0 radical (unpaired) electrons. The number of nitrogens with zero attached hydrogens (tertiary/aromatic N) is 2. The zero-order valence-corrected chi connectivity index (χ0v) is 9.88. The highest BCUT2D eigenvalue weighted by molar-refractivity contribution is 5.83.